The van der Waals surface area contributed by atoms with E-state index in [0.717, 1.165) is 92.9 Å². The van der Waals surface area contributed by atoms with E-state index in [4.69, 9.17) is 19.5 Å². The number of hydrogen-bond donors (Lipinski definition) is 1. The second-order valence-corrected chi connectivity index (χ2v) is 12.7. The van der Waals surface area contributed by atoms with Gasteiger partial charge in [0.1, 0.15) is 16.9 Å². The van der Waals surface area contributed by atoms with Crippen molar-refractivity contribution in [3.63, 3.8) is 0 Å². The number of benzene rings is 1. The number of H-pyrrole nitrogens is 1. The van der Waals surface area contributed by atoms with Crippen molar-refractivity contribution in [1.82, 2.24) is 19.9 Å². The van der Waals surface area contributed by atoms with Gasteiger partial charge in [0.05, 0.1) is 23.6 Å². The highest BCUT2D eigenvalue weighted by Crippen LogP contribution is 2.43. The molecule has 0 unspecified atom stereocenters. The molecule has 7 rings (SSSR count). The van der Waals surface area contributed by atoms with Gasteiger partial charge in [0.25, 0.3) is 0 Å². The lowest BCUT2D eigenvalue weighted by molar-refractivity contribution is -0.137. The van der Waals surface area contributed by atoms with Gasteiger partial charge in [-0.3, -0.25) is 4.98 Å². The fourth-order valence-electron chi connectivity index (χ4n) is 6.90. The number of alkyl halides is 3. The molecule has 236 valence electrons. The first-order chi connectivity index (χ1) is 21.7. The summed E-state index contributed by atoms with van der Waals surface area (Å²) in [4.78, 5) is 27.1. The summed E-state index contributed by atoms with van der Waals surface area (Å²) < 4.78 is 46.2. The molecular weight excluding hydrogens is 583 g/mol. The molecule has 2 aliphatic heterocycles. The summed E-state index contributed by atoms with van der Waals surface area (Å²) in [6.45, 7) is 3.17. The number of anilines is 2. The van der Waals surface area contributed by atoms with Gasteiger partial charge in [-0.1, -0.05) is 11.6 Å². The van der Waals surface area contributed by atoms with Crippen molar-refractivity contribution in [3.05, 3.63) is 54.4 Å². The molecule has 1 saturated heterocycles. The van der Waals surface area contributed by atoms with Crippen LogP contribution in [0.15, 0.2) is 53.9 Å². The van der Waals surface area contributed by atoms with Crippen molar-refractivity contribution in [3.8, 4) is 22.6 Å². The molecule has 9 nitrogen and oxygen atoms in total. The lowest BCUT2D eigenvalue weighted by atomic mass is 9.69. The molecule has 2 fully saturated rings. The molecule has 1 N–H and O–H groups in total. The zero-order valence-electron chi connectivity index (χ0n) is 25.4. The first kappa shape index (κ1) is 29.5. The lowest BCUT2D eigenvalue weighted by Crippen LogP contribution is -2.44. The minimum atomic E-state index is -4.51. The number of oxime groups is 1. The molecule has 0 amide bonds. The van der Waals surface area contributed by atoms with Gasteiger partial charge >= 0.3 is 6.18 Å². The van der Waals surface area contributed by atoms with Gasteiger partial charge in [0.15, 0.2) is 5.65 Å². The Morgan fingerprint density at radius 1 is 1.02 bits per heavy atom. The predicted octanol–water partition coefficient (Wildman–Crippen LogP) is 6.70. The monoisotopic (exact) mass is 619 g/mol. The van der Waals surface area contributed by atoms with E-state index in [1.165, 1.54) is 6.20 Å². The molecule has 5 heterocycles. The number of hydrogen-bond acceptors (Lipinski definition) is 8. The van der Waals surface area contributed by atoms with Gasteiger partial charge in [0.2, 0.25) is 0 Å². The van der Waals surface area contributed by atoms with Crippen LogP contribution in [0.4, 0.5) is 24.5 Å². The van der Waals surface area contributed by atoms with Crippen LogP contribution in [0.2, 0.25) is 0 Å². The number of piperidine rings is 1. The second kappa shape index (κ2) is 11.3. The molecule has 4 aromatic rings. The number of nitrogens with zero attached hydrogens (tertiary/aromatic N) is 6. The highest BCUT2D eigenvalue weighted by Gasteiger charge is 2.40. The molecule has 1 aromatic carbocycles. The van der Waals surface area contributed by atoms with Crippen LogP contribution in [-0.2, 0) is 15.8 Å². The first-order valence-corrected chi connectivity index (χ1v) is 15.3. The zero-order valence-corrected chi connectivity index (χ0v) is 25.4. The number of aromatic nitrogens is 4. The van der Waals surface area contributed by atoms with Crippen LogP contribution in [0.25, 0.3) is 33.8 Å². The smallest absolute Gasteiger partial charge is 0.389 e. The molecule has 0 radical (unpaired) electrons. The maximum atomic E-state index is 13.5. The van der Waals surface area contributed by atoms with Crippen molar-refractivity contribution < 1.29 is 22.7 Å². The molecule has 12 heteroatoms. The summed E-state index contributed by atoms with van der Waals surface area (Å²) in [5.74, 6) is 0.641. The van der Waals surface area contributed by atoms with Gasteiger partial charge < -0.3 is 24.4 Å². The highest BCUT2D eigenvalue weighted by molar-refractivity contribution is 5.91. The average Bonchev–Trinajstić information content (AvgIpc) is 3.67. The summed E-state index contributed by atoms with van der Waals surface area (Å²) in [5.41, 5.74) is 3.72. The van der Waals surface area contributed by atoms with Crippen molar-refractivity contribution in [2.45, 2.75) is 50.3 Å². The molecule has 0 bridgehead atoms. The molecule has 45 heavy (non-hydrogen) atoms. The van der Waals surface area contributed by atoms with E-state index in [1.807, 2.05) is 31.5 Å². The van der Waals surface area contributed by atoms with Gasteiger partial charge in [0, 0.05) is 93.9 Å². The summed E-state index contributed by atoms with van der Waals surface area (Å²) in [6, 6.07) is 11.2. The maximum Gasteiger partial charge on any atom is 0.417 e. The molecular formula is C33H36F3N7O2. The standard InChI is InChI=1S/C33H36F3N7O2/c1-42(20-31(21-44-2)8-3-9-31)27-17-26(23-16-24(19-37-18-23)33(34,35)36)39-30-28(27)40-29(41-30)22-4-6-25(7-5-22)43-14-11-32(12-15-43)10-13-38-45-32/h4-7,13,16-19H,3,8-12,14-15,20-21H2,1-2H3,(H,39,40,41). The zero-order chi connectivity index (χ0) is 31.2. The van der Waals surface area contributed by atoms with E-state index < -0.39 is 11.7 Å². The van der Waals surface area contributed by atoms with Crippen molar-refractivity contribution in [2.24, 2.45) is 10.6 Å². The Labute approximate surface area is 259 Å². The molecule has 1 aliphatic carbocycles. The Balaban J connectivity index is 1.21. The van der Waals surface area contributed by atoms with Crippen LogP contribution in [0, 0.1) is 5.41 Å². The third-order valence-corrected chi connectivity index (χ3v) is 9.62. The van der Waals surface area contributed by atoms with E-state index in [-0.39, 0.29) is 16.6 Å². The Kier molecular flexibility index (Phi) is 7.42. The molecule has 3 aromatic heterocycles. The highest BCUT2D eigenvalue weighted by atomic mass is 19.4. The average molecular weight is 620 g/mol. The third kappa shape index (κ3) is 5.71. The number of pyridine rings is 2. The summed E-state index contributed by atoms with van der Waals surface area (Å²) in [6.07, 6.45) is 5.58. The maximum absolute atomic E-state index is 13.5. The summed E-state index contributed by atoms with van der Waals surface area (Å²) in [5, 5.41) is 3.99. The number of halogens is 3. The fraction of sp³-hybridized carbons (Fsp3) is 0.455. The summed E-state index contributed by atoms with van der Waals surface area (Å²) in [7, 11) is 3.72. The Morgan fingerprint density at radius 2 is 1.80 bits per heavy atom. The van der Waals surface area contributed by atoms with E-state index in [1.54, 1.807) is 7.11 Å². The van der Waals surface area contributed by atoms with Crippen molar-refractivity contribution >= 4 is 28.8 Å². The minimum Gasteiger partial charge on any atom is -0.389 e. The number of fused-ring (bicyclic) bond motifs is 1. The number of aromatic amines is 1. The molecule has 0 atom stereocenters. The Morgan fingerprint density at radius 3 is 2.44 bits per heavy atom. The molecule has 3 aliphatic rings. The van der Waals surface area contributed by atoms with Crippen LogP contribution in [0.1, 0.15) is 44.1 Å². The summed E-state index contributed by atoms with van der Waals surface area (Å²) >= 11 is 0. The minimum absolute atomic E-state index is 0.0285. The van der Waals surface area contributed by atoms with Crippen LogP contribution in [-0.4, -0.2) is 72.2 Å². The van der Waals surface area contributed by atoms with Crippen molar-refractivity contribution in [1.29, 1.82) is 0 Å². The van der Waals surface area contributed by atoms with Crippen molar-refractivity contribution in [2.75, 3.05) is 50.2 Å². The SMILES string of the molecule is COCC1(CN(C)c2cc(-c3cncc(C(F)(F)F)c3)nc3nc(-c4ccc(N5CCC6(CC=NO6)CC5)cc4)[nH]c23)CCC1. The normalized spacial score (nSPS) is 18.7. The predicted molar refractivity (Wildman–Crippen MR) is 167 cm³/mol. The third-order valence-electron chi connectivity index (χ3n) is 9.62. The first-order valence-electron chi connectivity index (χ1n) is 15.3. The van der Waals surface area contributed by atoms with Crippen LogP contribution in [0.3, 0.4) is 0 Å². The lowest BCUT2D eigenvalue weighted by Gasteiger charge is -2.44. The Bertz CT molecular complexity index is 1700. The number of nitrogens with one attached hydrogen (secondary N) is 1. The van der Waals surface area contributed by atoms with E-state index in [0.29, 0.717) is 23.8 Å². The molecule has 1 saturated carbocycles. The van der Waals surface area contributed by atoms with E-state index in [2.05, 4.69) is 37.1 Å². The number of methoxy groups -OCH3 is 1. The van der Waals surface area contributed by atoms with Crippen LogP contribution in [0.5, 0.6) is 0 Å². The van der Waals surface area contributed by atoms with Gasteiger partial charge in [-0.15, -0.1) is 0 Å². The van der Waals surface area contributed by atoms with E-state index >= 15 is 0 Å². The van der Waals surface area contributed by atoms with Gasteiger partial charge in [-0.05, 0) is 49.2 Å². The number of rotatable bonds is 8. The quantitative estimate of drug-likeness (QED) is 0.235. The van der Waals surface area contributed by atoms with Crippen LogP contribution < -0.4 is 9.80 Å². The number of ether oxygens (including phenoxy) is 1. The van der Waals surface area contributed by atoms with Gasteiger partial charge in [-0.25, -0.2) is 9.97 Å². The second-order valence-electron chi connectivity index (χ2n) is 12.7. The van der Waals surface area contributed by atoms with Gasteiger partial charge in [-0.2, -0.15) is 13.2 Å². The topological polar surface area (TPSA) is 91.8 Å². The van der Waals surface area contributed by atoms with E-state index in [9.17, 15) is 13.2 Å². The van der Waals surface area contributed by atoms with Crippen LogP contribution >= 0.6 is 0 Å². The largest absolute Gasteiger partial charge is 0.417 e. The fourth-order valence-corrected chi connectivity index (χ4v) is 6.90. The Hall–Kier alpha value is -4.19. The molecule has 1 spiro atoms. The number of imidazole rings is 1.